The van der Waals surface area contributed by atoms with Crippen molar-refractivity contribution in [3.05, 3.63) is 0 Å². The molecular formula is C18H35N2O2. The average Bonchev–Trinajstić information content (AvgIpc) is 2.33. The Morgan fingerprint density at radius 3 is 1.86 bits per heavy atom. The molecule has 0 aliphatic carbocycles. The predicted octanol–water partition coefficient (Wildman–Crippen LogP) is 4.03. The van der Waals surface area contributed by atoms with Gasteiger partial charge in [-0.25, -0.2) is 0 Å². The van der Waals surface area contributed by atoms with Crippen LogP contribution in [0.1, 0.15) is 81.6 Å². The maximum Gasteiger partial charge on any atom is 0.246 e. The highest BCUT2D eigenvalue weighted by Crippen LogP contribution is 2.42. The quantitative estimate of drug-likeness (QED) is 0.787. The Morgan fingerprint density at radius 1 is 1.05 bits per heavy atom. The maximum atomic E-state index is 13.2. The SMILES string of the molecule is CCC1(CC)C(=O)N(C(C)(C)CC(C)(C)C)CC(C)(C)N1[O]. The lowest BCUT2D eigenvalue weighted by Gasteiger charge is -2.57. The van der Waals surface area contributed by atoms with Crippen LogP contribution >= 0.6 is 0 Å². The van der Waals surface area contributed by atoms with E-state index in [1.807, 2.05) is 32.6 Å². The van der Waals surface area contributed by atoms with Crippen LogP contribution in [0.5, 0.6) is 0 Å². The first kappa shape index (κ1) is 19.4. The highest BCUT2D eigenvalue weighted by atomic mass is 16.5. The summed E-state index contributed by atoms with van der Waals surface area (Å²) in [5.41, 5.74) is -1.61. The van der Waals surface area contributed by atoms with Gasteiger partial charge in [-0.2, -0.15) is 0 Å². The van der Waals surface area contributed by atoms with Crippen molar-refractivity contribution in [1.29, 1.82) is 0 Å². The van der Waals surface area contributed by atoms with Crippen molar-refractivity contribution >= 4 is 5.91 Å². The van der Waals surface area contributed by atoms with Gasteiger partial charge in [-0.15, -0.1) is 10.3 Å². The van der Waals surface area contributed by atoms with Gasteiger partial charge in [-0.1, -0.05) is 34.6 Å². The topological polar surface area (TPSA) is 43.5 Å². The number of nitrogens with zero attached hydrogens (tertiary/aromatic N) is 2. The van der Waals surface area contributed by atoms with Crippen molar-refractivity contribution in [2.75, 3.05) is 6.54 Å². The number of amides is 1. The molecule has 22 heavy (non-hydrogen) atoms. The Kier molecular flexibility index (Phi) is 5.11. The first-order valence-corrected chi connectivity index (χ1v) is 8.53. The van der Waals surface area contributed by atoms with Gasteiger partial charge in [0, 0.05) is 12.1 Å². The van der Waals surface area contributed by atoms with Crippen LogP contribution in [0.3, 0.4) is 0 Å². The van der Waals surface area contributed by atoms with Gasteiger partial charge in [0.25, 0.3) is 0 Å². The van der Waals surface area contributed by atoms with Gasteiger partial charge in [0.15, 0.2) is 0 Å². The molecule has 0 aromatic carbocycles. The summed E-state index contributed by atoms with van der Waals surface area (Å²) in [6, 6.07) is 0. The standard InChI is InChI=1S/C18H35N2O2/c1-10-18(11-2)14(21)19(13-17(8,9)20(18)22)16(6,7)12-15(3,4)5/h10-13H2,1-9H3. The third-order valence-corrected chi connectivity index (χ3v) is 4.99. The van der Waals surface area contributed by atoms with Crippen molar-refractivity contribution in [3.63, 3.8) is 0 Å². The normalized spacial score (nSPS) is 23.0. The Balaban J connectivity index is 3.29. The molecule has 1 amide bonds. The van der Waals surface area contributed by atoms with Gasteiger partial charge in [0.1, 0.15) is 5.54 Å². The monoisotopic (exact) mass is 311 g/mol. The Bertz CT molecular complexity index is 417. The third-order valence-electron chi connectivity index (χ3n) is 4.99. The highest BCUT2D eigenvalue weighted by Gasteiger charge is 2.57. The van der Waals surface area contributed by atoms with Crippen LogP contribution in [0.15, 0.2) is 0 Å². The van der Waals surface area contributed by atoms with Crippen molar-refractivity contribution in [2.24, 2.45) is 5.41 Å². The van der Waals surface area contributed by atoms with E-state index in [4.69, 9.17) is 0 Å². The Hall–Kier alpha value is -0.610. The summed E-state index contributed by atoms with van der Waals surface area (Å²) < 4.78 is 0. The zero-order valence-electron chi connectivity index (χ0n) is 16.0. The largest absolute Gasteiger partial charge is 0.334 e. The van der Waals surface area contributed by atoms with Crippen LogP contribution in [0.2, 0.25) is 0 Å². The minimum atomic E-state index is -0.920. The lowest BCUT2D eigenvalue weighted by molar-refractivity contribution is -0.298. The van der Waals surface area contributed by atoms with E-state index in [9.17, 15) is 10.0 Å². The van der Waals surface area contributed by atoms with Gasteiger partial charge < -0.3 is 4.90 Å². The van der Waals surface area contributed by atoms with E-state index in [0.29, 0.717) is 19.4 Å². The molecule has 1 rings (SSSR count). The molecule has 4 heteroatoms. The second kappa shape index (κ2) is 5.79. The molecule has 0 unspecified atom stereocenters. The molecule has 0 bridgehead atoms. The lowest BCUT2D eigenvalue weighted by atomic mass is 9.76. The molecule has 0 N–H and O–H groups in total. The van der Waals surface area contributed by atoms with Crippen LogP contribution in [0, 0.1) is 5.41 Å². The lowest BCUT2D eigenvalue weighted by Crippen LogP contribution is -2.74. The molecule has 1 aliphatic rings. The number of rotatable bonds is 4. The summed E-state index contributed by atoms with van der Waals surface area (Å²) in [6.45, 7) is 19.1. The predicted molar refractivity (Wildman–Crippen MR) is 89.8 cm³/mol. The van der Waals surface area contributed by atoms with E-state index < -0.39 is 11.1 Å². The fourth-order valence-electron chi connectivity index (χ4n) is 4.16. The molecule has 1 saturated heterocycles. The van der Waals surface area contributed by atoms with Crippen LogP contribution in [-0.2, 0) is 10.0 Å². The van der Waals surface area contributed by atoms with Gasteiger partial charge in [0.2, 0.25) is 5.91 Å². The van der Waals surface area contributed by atoms with Gasteiger partial charge >= 0.3 is 0 Å². The Morgan fingerprint density at radius 2 is 1.50 bits per heavy atom. The summed E-state index contributed by atoms with van der Waals surface area (Å²) in [5, 5.41) is 13.9. The molecule has 4 nitrogen and oxygen atoms in total. The number of piperazine rings is 1. The van der Waals surface area contributed by atoms with Crippen molar-refractivity contribution in [2.45, 2.75) is 98.2 Å². The molecule has 1 fully saturated rings. The summed E-state index contributed by atoms with van der Waals surface area (Å²) in [5.74, 6) is 0.000995. The summed E-state index contributed by atoms with van der Waals surface area (Å²) in [7, 11) is 0. The minimum absolute atomic E-state index is 0.000995. The van der Waals surface area contributed by atoms with Gasteiger partial charge in [-0.05, 0) is 52.4 Å². The van der Waals surface area contributed by atoms with E-state index in [1.54, 1.807) is 0 Å². The number of hydroxylamine groups is 2. The average molecular weight is 311 g/mol. The summed E-state index contributed by atoms with van der Waals surface area (Å²) in [6.07, 6.45) is 2.01. The second-order valence-corrected chi connectivity index (χ2v) is 9.29. The Labute approximate surface area is 136 Å². The van der Waals surface area contributed by atoms with Crippen LogP contribution < -0.4 is 0 Å². The molecule has 0 saturated carbocycles. The van der Waals surface area contributed by atoms with E-state index in [2.05, 4.69) is 34.6 Å². The van der Waals surface area contributed by atoms with Crippen molar-refractivity contribution in [1.82, 2.24) is 9.96 Å². The fourth-order valence-corrected chi connectivity index (χ4v) is 4.16. The molecule has 0 aromatic heterocycles. The molecule has 0 spiro atoms. The van der Waals surface area contributed by atoms with Crippen LogP contribution in [-0.4, -0.2) is 39.0 Å². The molecular weight excluding hydrogens is 276 g/mol. The fraction of sp³-hybridized carbons (Fsp3) is 0.944. The number of hydrogen-bond donors (Lipinski definition) is 0. The minimum Gasteiger partial charge on any atom is -0.334 e. The number of hydrogen-bond acceptors (Lipinski definition) is 2. The van der Waals surface area contributed by atoms with Crippen molar-refractivity contribution < 1.29 is 10.0 Å². The number of carbonyl (C=O) groups is 1. The maximum absolute atomic E-state index is 13.2. The molecule has 129 valence electrons. The van der Waals surface area contributed by atoms with E-state index in [0.717, 1.165) is 11.5 Å². The highest BCUT2D eigenvalue weighted by molar-refractivity contribution is 5.88. The van der Waals surface area contributed by atoms with Crippen LogP contribution in [0.25, 0.3) is 0 Å². The van der Waals surface area contributed by atoms with Crippen LogP contribution in [0.4, 0.5) is 0 Å². The molecule has 1 heterocycles. The summed E-state index contributed by atoms with van der Waals surface area (Å²) in [4.78, 5) is 15.2. The van der Waals surface area contributed by atoms with E-state index in [1.165, 1.54) is 0 Å². The molecule has 1 aliphatic heterocycles. The molecule has 1 radical (unpaired) electrons. The summed E-state index contributed by atoms with van der Waals surface area (Å²) >= 11 is 0. The smallest absolute Gasteiger partial charge is 0.246 e. The third kappa shape index (κ3) is 3.33. The van der Waals surface area contributed by atoms with Gasteiger partial charge in [0.05, 0.1) is 5.54 Å². The zero-order valence-corrected chi connectivity index (χ0v) is 16.0. The van der Waals surface area contributed by atoms with E-state index >= 15 is 0 Å². The van der Waals surface area contributed by atoms with Gasteiger partial charge in [-0.3, -0.25) is 4.79 Å². The van der Waals surface area contributed by atoms with Crippen molar-refractivity contribution in [3.8, 4) is 0 Å². The molecule has 0 atom stereocenters. The first-order chi connectivity index (χ1) is 9.73. The second-order valence-electron chi connectivity index (χ2n) is 9.29. The molecule has 0 aromatic rings. The number of carbonyl (C=O) groups excluding carboxylic acids is 1. The van der Waals surface area contributed by atoms with E-state index in [-0.39, 0.29) is 16.9 Å². The zero-order chi connectivity index (χ0) is 17.6. The first-order valence-electron chi connectivity index (χ1n) is 8.53.